The summed E-state index contributed by atoms with van der Waals surface area (Å²) in [5.41, 5.74) is 1.06. The van der Waals surface area contributed by atoms with E-state index in [1.807, 2.05) is 30.3 Å². The van der Waals surface area contributed by atoms with Crippen molar-refractivity contribution >= 4 is 21.6 Å². The first-order valence-corrected chi connectivity index (χ1v) is 11.9. The van der Waals surface area contributed by atoms with Gasteiger partial charge in [-0.15, -0.1) is 5.10 Å². The Labute approximate surface area is 187 Å². The van der Waals surface area contributed by atoms with Gasteiger partial charge in [0, 0.05) is 13.1 Å². The molecule has 0 unspecified atom stereocenters. The molecule has 4 rings (SSSR count). The average molecular weight is 456 g/mol. The maximum atomic E-state index is 13.2. The van der Waals surface area contributed by atoms with Crippen LogP contribution in [0.4, 0.5) is 5.69 Å². The van der Waals surface area contributed by atoms with E-state index in [0.717, 1.165) is 31.4 Å². The Morgan fingerprint density at radius 3 is 2.44 bits per heavy atom. The molecule has 1 aliphatic rings. The summed E-state index contributed by atoms with van der Waals surface area (Å²) < 4.78 is 33.1. The molecule has 1 N–H and O–H groups in total. The summed E-state index contributed by atoms with van der Waals surface area (Å²) in [6.07, 6.45) is 5.10. The minimum Gasteiger partial charge on any atom is -0.495 e. The third kappa shape index (κ3) is 4.66. The number of anilines is 1. The van der Waals surface area contributed by atoms with Gasteiger partial charge in [0.1, 0.15) is 5.75 Å². The number of hydrogen-bond donors (Lipinski definition) is 1. The van der Waals surface area contributed by atoms with Gasteiger partial charge in [-0.1, -0.05) is 31.0 Å². The minimum atomic E-state index is -3.67. The molecule has 10 heteroatoms. The Morgan fingerprint density at radius 1 is 1.03 bits per heavy atom. The first-order chi connectivity index (χ1) is 15.5. The molecule has 0 radical (unpaired) electrons. The van der Waals surface area contributed by atoms with Crippen LogP contribution >= 0.6 is 0 Å². The molecule has 168 valence electrons. The quantitative estimate of drug-likeness (QED) is 0.612. The zero-order valence-electron chi connectivity index (χ0n) is 17.8. The van der Waals surface area contributed by atoms with Gasteiger partial charge < -0.3 is 10.1 Å². The van der Waals surface area contributed by atoms with Crippen molar-refractivity contribution in [2.24, 2.45) is 0 Å². The van der Waals surface area contributed by atoms with Crippen LogP contribution in [-0.4, -0.2) is 53.8 Å². The molecule has 0 aliphatic carbocycles. The summed E-state index contributed by atoms with van der Waals surface area (Å²) in [7, 11) is -2.21. The van der Waals surface area contributed by atoms with Crippen LogP contribution in [0.3, 0.4) is 0 Å². The van der Waals surface area contributed by atoms with Crippen molar-refractivity contribution in [1.29, 1.82) is 0 Å². The highest BCUT2D eigenvalue weighted by Crippen LogP contribution is 2.30. The number of amides is 1. The normalized spacial score (nSPS) is 15.2. The Morgan fingerprint density at radius 2 is 1.75 bits per heavy atom. The second-order valence-corrected chi connectivity index (χ2v) is 9.43. The molecule has 1 fully saturated rings. The number of methoxy groups -OCH3 is 1. The highest BCUT2D eigenvalue weighted by molar-refractivity contribution is 7.89. The zero-order chi connectivity index (χ0) is 22.6. The van der Waals surface area contributed by atoms with E-state index in [1.54, 1.807) is 6.07 Å². The van der Waals surface area contributed by atoms with Gasteiger partial charge in [0.15, 0.2) is 5.69 Å². The van der Waals surface area contributed by atoms with Gasteiger partial charge in [0.05, 0.1) is 29.6 Å². The fourth-order valence-electron chi connectivity index (χ4n) is 3.62. The molecule has 2 heterocycles. The van der Waals surface area contributed by atoms with Crippen molar-refractivity contribution < 1.29 is 17.9 Å². The molecule has 3 aromatic rings. The lowest BCUT2D eigenvalue weighted by molar-refractivity contribution is 0.102. The number of ether oxygens (including phenoxy) is 1. The van der Waals surface area contributed by atoms with Crippen LogP contribution in [0.5, 0.6) is 5.75 Å². The van der Waals surface area contributed by atoms with Crippen molar-refractivity contribution in [3.05, 3.63) is 60.4 Å². The topological polar surface area (TPSA) is 106 Å². The predicted molar refractivity (Wildman–Crippen MR) is 120 cm³/mol. The number of hydrogen-bond acceptors (Lipinski definition) is 6. The maximum absolute atomic E-state index is 13.2. The Balaban J connectivity index is 1.58. The van der Waals surface area contributed by atoms with Crippen LogP contribution in [0, 0.1) is 0 Å². The van der Waals surface area contributed by atoms with Gasteiger partial charge in [-0.2, -0.15) is 14.2 Å². The fraction of sp³-hybridized carbons (Fsp3) is 0.318. The lowest BCUT2D eigenvalue weighted by Gasteiger charge is -2.21. The molecule has 0 bridgehead atoms. The fourth-order valence-corrected chi connectivity index (χ4v) is 5.16. The summed E-state index contributed by atoms with van der Waals surface area (Å²) in [6.45, 7) is 0.997. The molecule has 1 saturated heterocycles. The Bertz CT molecular complexity index is 1190. The van der Waals surface area contributed by atoms with Crippen LogP contribution in [0.25, 0.3) is 5.69 Å². The summed E-state index contributed by atoms with van der Waals surface area (Å²) in [4.78, 5) is 14.3. The number of benzene rings is 2. The van der Waals surface area contributed by atoms with Gasteiger partial charge in [-0.25, -0.2) is 8.42 Å². The van der Waals surface area contributed by atoms with E-state index in [-0.39, 0.29) is 16.3 Å². The summed E-state index contributed by atoms with van der Waals surface area (Å²) >= 11 is 0. The van der Waals surface area contributed by atoms with Gasteiger partial charge in [0.25, 0.3) is 5.91 Å². The molecule has 0 atom stereocenters. The first-order valence-electron chi connectivity index (χ1n) is 10.5. The van der Waals surface area contributed by atoms with Crippen LogP contribution in [0.15, 0.2) is 59.6 Å². The Hall–Kier alpha value is -3.24. The van der Waals surface area contributed by atoms with Crippen molar-refractivity contribution in [2.45, 2.75) is 30.6 Å². The zero-order valence-corrected chi connectivity index (χ0v) is 18.6. The second kappa shape index (κ2) is 9.49. The maximum Gasteiger partial charge on any atom is 0.277 e. The molecule has 0 spiro atoms. The first kappa shape index (κ1) is 22.0. The van der Waals surface area contributed by atoms with Gasteiger partial charge in [-0.3, -0.25) is 4.79 Å². The minimum absolute atomic E-state index is 0.0942. The highest BCUT2D eigenvalue weighted by Gasteiger charge is 2.26. The van der Waals surface area contributed by atoms with Gasteiger partial charge >= 0.3 is 0 Å². The summed E-state index contributed by atoms with van der Waals surface area (Å²) in [6, 6.07) is 13.7. The number of aromatic nitrogens is 3. The molecule has 32 heavy (non-hydrogen) atoms. The molecule has 1 aromatic heterocycles. The highest BCUT2D eigenvalue weighted by atomic mass is 32.2. The number of sulfonamides is 1. The molecular formula is C22H25N5O4S. The Kier molecular flexibility index (Phi) is 6.52. The van der Waals surface area contributed by atoms with Crippen LogP contribution in [0.2, 0.25) is 0 Å². The van der Waals surface area contributed by atoms with Crippen molar-refractivity contribution in [3.8, 4) is 11.4 Å². The van der Waals surface area contributed by atoms with E-state index in [2.05, 4.69) is 15.5 Å². The van der Waals surface area contributed by atoms with Crippen molar-refractivity contribution in [3.63, 3.8) is 0 Å². The smallest absolute Gasteiger partial charge is 0.277 e. The van der Waals surface area contributed by atoms with Crippen LogP contribution in [-0.2, 0) is 10.0 Å². The number of carbonyl (C=O) groups excluding carboxylic acids is 1. The van der Waals surface area contributed by atoms with E-state index in [0.29, 0.717) is 18.8 Å². The van der Waals surface area contributed by atoms with Crippen LogP contribution in [0.1, 0.15) is 36.2 Å². The number of carbonyl (C=O) groups is 1. The molecule has 1 amide bonds. The SMILES string of the molecule is COc1ccc(S(=O)(=O)N2CCCCCC2)cc1NC(=O)c1cnn(-c2ccccc2)n1. The van der Waals surface area contributed by atoms with Crippen LogP contribution < -0.4 is 10.1 Å². The van der Waals surface area contributed by atoms with Gasteiger partial charge in [0.2, 0.25) is 10.0 Å². The largest absolute Gasteiger partial charge is 0.495 e. The van der Waals surface area contributed by atoms with E-state index in [1.165, 1.54) is 34.5 Å². The second-order valence-electron chi connectivity index (χ2n) is 7.49. The molecule has 9 nitrogen and oxygen atoms in total. The standard InChI is InChI=1S/C22H25N5O4S/c1-31-21-12-11-18(32(29,30)26-13-7-2-3-8-14-26)15-19(21)24-22(28)20-16-23-27(25-20)17-9-5-4-6-10-17/h4-6,9-12,15-16H,2-3,7-8,13-14H2,1H3,(H,24,28). The number of nitrogens with one attached hydrogen (secondary N) is 1. The number of nitrogens with zero attached hydrogens (tertiary/aromatic N) is 4. The molecule has 2 aromatic carbocycles. The average Bonchev–Trinajstić information content (AvgIpc) is 3.14. The van der Waals surface area contributed by atoms with E-state index >= 15 is 0 Å². The molecule has 1 aliphatic heterocycles. The predicted octanol–water partition coefficient (Wildman–Crippen LogP) is 3.09. The number of rotatable bonds is 6. The van der Waals surface area contributed by atoms with E-state index in [4.69, 9.17) is 4.74 Å². The van der Waals surface area contributed by atoms with E-state index in [9.17, 15) is 13.2 Å². The third-order valence-corrected chi connectivity index (χ3v) is 7.23. The molecule has 0 saturated carbocycles. The lowest BCUT2D eigenvalue weighted by atomic mass is 10.2. The summed E-state index contributed by atoms with van der Waals surface area (Å²) in [5.74, 6) is -0.168. The van der Waals surface area contributed by atoms with Gasteiger partial charge in [-0.05, 0) is 43.2 Å². The lowest BCUT2D eigenvalue weighted by Crippen LogP contribution is -2.32. The third-order valence-electron chi connectivity index (χ3n) is 5.33. The monoisotopic (exact) mass is 455 g/mol. The van der Waals surface area contributed by atoms with Crippen molar-refractivity contribution in [1.82, 2.24) is 19.3 Å². The van der Waals surface area contributed by atoms with E-state index < -0.39 is 15.9 Å². The molecular weight excluding hydrogens is 430 g/mol. The van der Waals surface area contributed by atoms with Crippen molar-refractivity contribution in [2.75, 3.05) is 25.5 Å². The number of para-hydroxylation sites is 1. The summed E-state index contributed by atoms with van der Waals surface area (Å²) in [5, 5.41) is 11.1.